The van der Waals surface area contributed by atoms with Crippen LogP contribution in [0.1, 0.15) is 24.9 Å². The zero-order chi connectivity index (χ0) is 22.1. The molecule has 0 amide bonds. The second kappa shape index (κ2) is 8.34. The molecule has 1 aliphatic carbocycles. The zero-order valence-corrected chi connectivity index (χ0v) is 18.0. The summed E-state index contributed by atoms with van der Waals surface area (Å²) in [6, 6.07) is 12.9. The SMILES string of the molecule is COC(=O)[C@H]1C(=O)C2=C(C[C@H]1C)Nc1ccccc1N[C@@H]2c1ccc(OC)c(OC)c1. The number of rotatable bonds is 4. The summed E-state index contributed by atoms with van der Waals surface area (Å²) in [7, 11) is 4.47. The van der Waals surface area contributed by atoms with Crippen LogP contribution in [0.25, 0.3) is 0 Å². The summed E-state index contributed by atoms with van der Waals surface area (Å²) in [5.41, 5.74) is 3.93. The summed E-state index contributed by atoms with van der Waals surface area (Å²) in [5, 5.41) is 6.94. The summed E-state index contributed by atoms with van der Waals surface area (Å²) < 4.78 is 15.8. The number of carbonyl (C=O) groups excluding carboxylic acids is 2. The normalized spacial score (nSPS) is 22.3. The number of Topliss-reactive ketones (excluding diaryl/α,β-unsaturated/α-hetero) is 1. The van der Waals surface area contributed by atoms with E-state index in [4.69, 9.17) is 14.2 Å². The summed E-state index contributed by atoms with van der Waals surface area (Å²) in [5.74, 6) is -0.581. The van der Waals surface area contributed by atoms with Crippen molar-refractivity contribution in [3.63, 3.8) is 0 Å². The van der Waals surface area contributed by atoms with Gasteiger partial charge in [0, 0.05) is 11.3 Å². The van der Waals surface area contributed by atoms with Gasteiger partial charge >= 0.3 is 5.97 Å². The van der Waals surface area contributed by atoms with E-state index in [1.807, 2.05) is 49.4 Å². The van der Waals surface area contributed by atoms with Gasteiger partial charge in [0.05, 0.1) is 38.7 Å². The molecule has 7 nitrogen and oxygen atoms in total. The Hall–Kier alpha value is -3.48. The van der Waals surface area contributed by atoms with Crippen molar-refractivity contribution in [1.82, 2.24) is 0 Å². The van der Waals surface area contributed by atoms with Crippen molar-refractivity contribution >= 4 is 23.1 Å². The summed E-state index contributed by atoms with van der Waals surface area (Å²) in [6.45, 7) is 1.90. The molecule has 0 unspecified atom stereocenters. The third-order valence-electron chi connectivity index (χ3n) is 5.97. The Balaban J connectivity index is 1.88. The predicted molar refractivity (Wildman–Crippen MR) is 117 cm³/mol. The van der Waals surface area contributed by atoms with E-state index < -0.39 is 17.9 Å². The average molecular weight is 422 g/mol. The molecule has 2 aromatic carbocycles. The van der Waals surface area contributed by atoms with Gasteiger partial charge in [-0.2, -0.15) is 0 Å². The molecule has 0 radical (unpaired) electrons. The summed E-state index contributed by atoms with van der Waals surface area (Å²) in [6.07, 6.45) is 0.556. The molecule has 0 spiro atoms. The molecule has 2 N–H and O–H groups in total. The van der Waals surface area contributed by atoms with Gasteiger partial charge in [0.1, 0.15) is 5.92 Å². The van der Waals surface area contributed by atoms with Crippen LogP contribution in [0.4, 0.5) is 11.4 Å². The highest BCUT2D eigenvalue weighted by atomic mass is 16.5. The Morgan fingerprint density at radius 3 is 2.39 bits per heavy atom. The first kappa shape index (κ1) is 20.8. The number of ketones is 1. The number of ether oxygens (including phenoxy) is 3. The third-order valence-corrected chi connectivity index (χ3v) is 5.97. The van der Waals surface area contributed by atoms with Crippen LogP contribution in [0.5, 0.6) is 11.5 Å². The highest BCUT2D eigenvalue weighted by Crippen LogP contribution is 2.44. The number of fused-ring (bicyclic) bond motifs is 1. The minimum Gasteiger partial charge on any atom is -0.493 e. The van der Waals surface area contributed by atoms with Gasteiger partial charge in [0.25, 0.3) is 0 Å². The number of hydrogen-bond donors (Lipinski definition) is 2. The monoisotopic (exact) mass is 422 g/mol. The first-order valence-electron chi connectivity index (χ1n) is 10.2. The molecule has 0 saturated heterocycles. The molecule has 2 aliphatic rings. The Kier molecular flexibility index (Phi) is 5.59. The quantitative estimate of drug-likeness (QED) is 0.570. The maximum Gasteiger partial charge on any atom is 0.316 e. The van der Waals surface area contributed by atoms with E-state index in [-0.39, 0.29) is 11.7 Å². The molecule has 1 aliphatic heterocycles. The van der Waals surface area contributed by atoms with E-state index in [9.17, 15) is 9.59 Å². The van der Waals surface area contributed by atoms with Gasteiger partial charge in [0.15, 0.2) is 17.3 Å². The number of esters is 1. The lowest BCUT2D eigenvalue weighted by molar-refractivity contribution is -0.151. The van der Waals surface area contributed by atoms with E-state index >= 15 is 0 Å². The van der Waals surface area contributed by atoms with Crippen molar-refractivity contribution in [3.05, 3.63) is 59.3 Å². The third kappa shape index (κ3) is 3.60. The molecule has 1 heterocycles. The van der Waals surface area contributed by atoms with Gasteiger partial charge in [-0.05, 0) is 42.2 Å². The van der Waals surface area contributed by atoms with Gasteiger partial charge in [-0.15, -0.1) is 0 Å². The minimum atomic E-state index is -0.837. The molecule has 31 heavy (non-hydrogen) atoms. The van der Waals surface area contributed by atoms with Crippen LogP contribution in [0.15, 0.2) is 53.7 Å². The first-order valence-corrected chi connectivity index (χ1v) is 10.2. The lowest BCUT2D eigenvalue weighted by atomic mass is 9.75. The molecule has 0 fully saturated rings. The molecule has 4 rings (SSSR count). The van der Waals surface area contributed by atoms with Crippen molar-refractivity contribution in [3.8, 4) is 11.5 Å². The van der Waals surface area contributed by atoms with Crippen molar-refractivity contribution in [2.75, 3.05) is 32.0 Å². The smallest absolute Gasteiger partial charge is 0.316 e. The van der Waals surface area contributed by atoms with Crippen molar-refractivity contribution in [1.29, 1.82) is 0 Å². The minimum absolute atomic E-state index is 0.178. The Bertz CT molecular complexity index is 1060. The molecule has 7 heteroatoms. The van der Waals surface area contributed by atoms with E-state index in [0.717, 1.165) is 22.6 Å². The number of hydrogen-bond acceptors (Lipinski definition) is 7. The van der Waals surface area contributed by atoms with E-state index in [1.165, 1.54) is 7.11 Å². The second-order valence-corrected chi connectivity index (χ2v) is 7.80. The Morgan fingerprint density at radius 2 is 1.71 bits per heavy atom. The Morgan fingerprint density at radius 1 is 1.00 bits per heavy atom. The van der Waals surface area contributed by atoms with Crippen molar-refractivity contribution in [2.45, 2.75) is 19.4 Å². The average Bonchev–Trinajstić information content (AvgIpc) is 2.94. The van der Waals surface area contributed by atoms with Crippen LogP contribution >= 0.6 is 0 Å². The first-order chi connectivity index (χ1) is 15.0. The molecular weight excluding hydrogens is 396 g/mol. The van der Waals surface area contributed by atoms with Gasteiger partial charge in [0.2, 0.25) is 0 Å². The lowest BCUT2D eigenvalue weighted by Crippen LogP contribution is -2.39. The number of carbonyl (C=O) groups is 2. The van der Waals surface area contributed by atoms with Crippen LogP contribution in [-0.2, 0) is 14.3 Å². The van der Waals surface area contributed by atoms with Crippen LogP contribution in [0.3, 0.4) is 0 Å². The molecular formula is C24H26N2O5. The van der Waals surface area contributed by atoms with Gasteiger partial charge < -0.3 is 24.8 Å². The molecule has 0 bridgehead atoms. The maximum absolute atomic E-state index is 13.6. The summed E-state index contributed by atoms with van der Waals surface area (Å²) >= 11 is 0. The molecule has 0 aromatic heterocycles. The fourth-order valence-corrected chi connectivity index (χ4v) is 4.42. The zero-order valence-electron chi connectivity index (χ0n) is 18.0. The maximum atomic E-state index is 13.6. The van der Waals surface area contributed by atoms with E-state index in [0.29, 0.717) is 23.5 Å². The number of allylic oxidation sites excluding steroid dienone is 1. The molecule has 2 aromatic rings. The van der Waals surface area contributed by atoms with Gasteiger partial charge in [-0.1, -0.05) is 25.1 Å². The predicted octanol–water partition coefficient (Wildman–Crippen LogP) is 3.93. The van der Waals surface area contributed by atoms with Crippen LogP contribution in [-0.4, -0.2) is 33.1 Å². The number of para-hydroxylation sites is 2. The van der Waals surface area contributed by atoms with Crippen LogP contribution in [0, 0.1) is 11.8 Å². The van der Waals surface area contributed by atoms with Crippen molar-refractivity contribution < 1.29 is 23.8 Å². The van der Waals surface area contributed by atoms with Crippen LogP contribution < -0.4 is 20.1 Å². The molecule has 162 valence electrons. The fraction of sp³-hybridized carbons (Fsp3) is 0.333. The highest BCUT2D eigenvalue weighted by Gasteiger charge is 2.44. The fourth-order valence-electron chi connectivity index (χ4n) is 4.42. The topological polar surface area (TPSA) is 85.9 Å². The standard InChI is InChI=1S/C24H26N2O5/c1-13-11-17-21(23(27)20(13)24(28)31-4)22(26-16-8-6-5-7-15(16)25-17)14-9-10-18(29-2)19(12-14)30-3/h5-10,12-13,20,22,25-26H,11H2,1-4H3/t13-,20-,22-/m1/s1. The van der Waals surface area contributed by atoms with Gasteiger partial charge in [-0.25, -0.2) is 0 Å². The lowest BCUT2D eigenvalue weighted by Gasteiger charge is -2.32. The highest BCUT2D eigenvalue weighted by molar-refractivity contribution is 6.11. The number of anilines is 2. The van der Waals surface area contributed by atoms with E-state index in [1.54, 1.807) is 14.2 Å². The van der Waals surface area contributed by atoms with E-state index in [2.05, 4.69) is 10.6 Å². The Labute approximate surface area is 181 Å². The van der Waals surface area contributed by atoms with Gasteiger partial charge in [-0.3, -0.25) is 9.59 Å². The van der Waals surface area contributed by atoms with Crippen LogP contribution in [0.2, 0.25) is 0 Å². The largest absolute Gasteiger partial charge is 0.493 e. The summed E-state index contributed by atoms with van der Waals surface area (Å²) in [4.78, 5) is 26.1. The second-order valence-electron chi connectivity index (χ2n) is 7.80. The van der Waals surface area contributed by atoms with Crippen molar-refractivity contribution in [2.24, 2.45) is 11.8 Å². The molecule has 3 atom stereocenters. The number of methoxy groups -OCH3 is 3. The number of benzene rings is 2. The molecule has 0 saturated carbocycles. The number of nitrogens with one attached hydrogen (secondary N) is 2.